The summed E-state index contributed by atoms with van der Waals surface area (Å²) in [6, 6.07) is 14.6. The first-order valence-corrected chi connectivity index (χ1v) is 15.0. The van der Waals surface area contributed by atoms with Crippen molar-refractivity contribution >= 4 is 35.1 Å². The summed E-state index contributed by atoms with van der Waals surface area (Å²) in [6.07, 6.45) is 3.21. The number of aromatic carboxylic acids is 1. The lowest BCUT2D eigenvalue weighted by atomic mass is 10.0. The number of fused-ring (bicyclic) bond motifs is 1. The molecule has 4 aromatic rings. The summed E-state index contributed by atoms with van der Waals surface area (Å²) in [7, 11) is 0. The second-order valence-corrected chi connectivity index (χ2v) is 11.6. The molecular formula is C30H30F2N6O3S. The summed E-state index contributed by atoms with van der Waals surface area (Å²) in [4.78, 5) is 33.7. The van der Waals surface area contributed by atoms with E-state index in [0.717, 1.165) is 23.4 Å². The number of thioether (sulfide) groups is 1. The number of likely N-dealkylation sites (tertiary alicyclic amines) is 1. The van der Waals surface area contributed by atoms with Crippen LogP contribution >= 0.6 is 11.8 Å². The summed E-state index contributed by atoms with van der Waals surface area (Å²) in [5.41, 5.74) is 2.59. The molecule has 2 aliphatic rings. The lowest BCUT2D eigenvalue weighted by molar-refractivity contribution is 0.0696. The molecule has 2 fully saturated rings. The van der Waals surface area contributed by atoms with E-state index in [1.807, 2.05) is 23.3 Å². The van der Waals surface area contributed by atoms with Gasteiger partial charge >= 0.3 is 5.97 Å². The maximum Gasteiger partial charge on any atom is 0.335 e. The van der Waals surface area contributed by atoms with Crippen LogP contribution in [0.3, 0.4) is 0 Å². The van der Waals surface area contributed by atoms with Gasteiger partial charge in [-0.15, -0.1) is 16.9 Å². The Bertz CT molecular complexity index is 1650. The third-order valence-electron chi connectivity index (χ3n) is 7.83. The van der Waals surface area contributed by atoms with Gasteiger partial charge in [-0.05, 0) is 66.3 Å². The lowest BCUT2D eigenvalue weighted by Gasteiger charge is -2.26. The van der Waals surface area contributed by atoms with E-state index < -0.39 is 18.2 Å². The van der Waals surface area contributed by atoms with Gasteiger partial charge in [0, 0.05) is 37.0 Å². The maximum atomic E-state index is 14.7. The topological polar surface area (TPSA) is 103 Å². The molecule has 9 nitrogen and oxygen atoms in total. The molecule has 0 radical (unpaired) electrons. The van der Waals surface area contributed by atoms with Crippen LogP contribution in [0.15, 0.2) is 65.7 Å². The van der Waals surface area contributed by atoms with Crippen LogP contribution in [0.4, 0.5) is 14.6 Å². The van der Waals surface area contributed by atoms with E-state index in [1.165, 1.54) is 34.6 Å². The van der Waals surface area contributed by atoms with E-state index >= 15 is 0 Å². The molecule has 42 heavy (non-hydrogen) atoms. The van der Waals surface area contributed by atoms with Crippen LogP contribution in [0.1, 0.15) is 50.9 Å². The average Bonchev–Trinajstić information content (AvgIpc) is 3.70. The smallest absolute Gasteiger partial charge is 0.335 e. The molecule has 0 unspecified atom stereocenters. The van der Waals surface area contributed by atoms with Crippen LogP contribution in [0, 0.1) is 5.82 Å². The van der Waals surface area contributed by atoms with Crippen LogP contribution in [-0.2, 0) is 6.54 Å². The number of halogens is 2. The lowest BCUT2D eigenvalue weighted by Crippen LogP contribution is -2.37. The highest BCUT2D eigenvalue weighted by atomic mass is 32.2. The summed E-state index contributed by atoms with van der Waals surface area (Å²) < 4.78 is 30.5. The second kappa shape index (κ2) is 11.7. The van der Waals surface area contributed by atoms with E-state index in [9.17, 15) is 23.5 Å². The first-order chi connectivity index (χ1) is 20.3. The van der Waals surface area contributed by atoms with Crippen molar-refractivity contribution in [3.63, 3.8) is 0 Å². The van der Waals surface area contributed by atoms with E-state index in [4.69, 9.17) is 0 Å². The summed E-state index contributed by atoms with van der Waals surface area (Å²) in [5.74, 6) is -1.17. The second-order valence-electron chi connectivity index (χ2n) is 10.7. The molecule has 218 valence electrons. The molecule has 2 aliphatic heterocycles. The number of imidazole rings is 1. The monoisotopic (exact) mass is 592 g/mol. The minimum atomic E-state index is -1.10. The first kappa shape index (κ1) is 28.1. The van der Waals surface area contributed by atoms with Crippen LogP contribution in [0.5, 0.6) is 0 Å². The van der Waals surface area contributed by atoms with Crippen molar-refractivity contribution in [2.24, 2.45) is 0 Å². The SMILES string of the molecule is CSc1cc(F)cc([C@H]2C[C@H](F)CN2c2ccc3ncc(C(=O)N[C@H]4CCN(Cc5cccc(C(=O)O)c5)C4)n3n2)c1. The fourth-order valence-corrected chi connectivity index (χ4v) is 6.32. The van der Waals surface area contributed by atoms with Crippen LogP contribution < -0.4 is 10.2 Å². The maximum absolute atomic E-state index is 14.7. The number of benzene rings is 2. The minimum Gasteiger partial charge on any atom is -0.478 e. The number of carboxylic acid groups (broad SMARTS) is 1. The van der Waals surface area contributed by atoms with Crippen molar-refractivity contribution in [3.05, 3.63) is 89.0 Å². The summed E-state index contributed by atoms with van der Waals surface area (Å²) >= 11 is 1.43. The predicted octanol–water partition coefficient (Wildman–Crippen LogP) is 4.58. The molecule has 2 saturated heterocycles. The summed E-state index contributed by atoms with van der Waals surface area (Å²) in [5, 5.41) is 17.0. The Hall–Kier alpha value is -4.03. The van der Waals surface area contributed by atoms with Gasteiger partial charge in [-0.25, -0.2) is 23.1 Å². The third kappa shape index (κ3) is 5.82. The number of alkyl halides is 1. The standard InChI is InChI=1S/C30H30F2N6O3S/c1-42-24-11-20(10-21(31)12-24)25-13-22(32)16-37(25)28-6-5-27-33-14-26(38(27)35-28)29(39)34-23-7-8-36(17-23)15-18-3-2-4-19(9-18)30(40)41/h2-6,9-12,14,22-23,25H,7-8,13,15-17H2,1H3,(H,34,39)(H,40,41)/t22-,23-,25+/m0/s1. The number of aromatic nitrogens is 3. The van der Waals surface area contributed by atoms with Gasteiger partial charge in [0.15, 0.2) is 11.3 Å². The molecule has 2 N–H and O–H groups in total. The molecule has 2 aromatic heterocycles. The van der Waals surface area contributed by atoms with Crippen molar-refractivity contribution in [1.29, 1.82) is 0 Å². The molecule has 1 amide bonds. The number of nitrogens with one attached hydrogen (secondary N) is 1. The van der Waals surface area contributed by atoms with E-state index in [1.54, 1.807) is 30.3 Å². The number of carbonyl (C=O) groups is 2. The van der Waals surface area contributed by atoms with Crippen LogP contribution in [0.25, 0.3) is 5.65 Å². The fraction of sp³-hybridized carbons (Fsp3) is 0.333. The van der Waals surface area contributed by atoms with Crippen molar-refractivity contribution < 1.29 is 23.5 Å². The van der Waals surface area contributed by atoms with Gasteiger partial charge in [-0.3, -0.25) is 9.69 Å². The number of hydrogen-bond acceptors (Lipinski definition) is 7. The normalized spacial score (nSPS) is 20.8. The van der Waals surface area contributed by atoms with Crippen molar-refractivity contribution in [3.8, 4) is 0 Å². The van der Waals surface area contributed by atoms with Gasteiger partial charge in [0.1, 0.15) is 17.8 Å². The number of hydrogen-bond donors (Lipinski definition) is 2. The van der Waals surface area contributed by atoms with Gasteiger partial charge in [-0.2, -0.15) is 0 Å². The largest absolute Gasteiger partial charge is 0.478 e. The molecule has 3 atom stereocenters. The van der Waals surface area contributed by atoms with Crippen molar-refractivity contribution in [1.82, 2.24) is 24.8 Å². The first-order valence-electron chi connectivity index (χ1n) is 13.7. The molecule has 0 saturated carbocycles. The third-order valence-corrected chi connectivity index (χ3v) is 8.53. The zero-order valence-electron chi connectivity index (χ0n) is 22.9. The molecule has 0 bridgehead atoms. The number of carboxylic acids is 1. The molecule has 0 aliphatic carbocycles. The minimum absolute atomic E-state index is 0.0947. The molecule has 6 rings (SSSR count). The number of anilines is 1. The molecule has 2 aromatic carbocycles. The van der Waals surface area contributed by atoms with E-state index in [2.05, 4.69) is 20.3 Å². The van der Waals surface area contributed by atoms with Gasteiger partial charge in [0.05, 0.1) is 24.3 Å². The Labute approximate surface area is 245 Å². The highest BCUT2D eigenvalue weighted by Gasteiger charge is 2.35. The molecular weight excluding hydrogens is 562 g/mol. The quantitative estimate of drug-likeness (QED) is 0.287. The van der Waals surface area contributed by atoms with Crippen LogP contribution in [0.2, 0.25) is 0 Å². The van der Waals surface area contributed by atoms with Crippen molar-refractivity contribution in [2.45, 2.75) is 42.5 Å². The Morgan fingerprint density at radius 3 is 2.81 bits per heavy atom. The Morgan fingerprint density at radius 2 is 2.00 bits per heavy atom. The van der Waals surface area contributed by atoms with Crippen LogP contribution in [-0.4, -0.2) is 74.6 Å². The summed E-state index contributed by atoms with van der Waals surface area (Å²) in [6.45, 7) is 2.08. The molecule has 12 heteroatoms. The number of nitrogens with zero attached hydrogens (tertiary/aromatic N) is 5. The average molecular weight is 593 g/mol. The number of carbonyl (C=O) groups excluding carboxylic acids is 1. The van der Waals surface area contributed by atoms with Crippen molar-refractivity contribution in [2.75, 3.05) is 30.8 Å². The zero-order chi connectivity index (χ0) is 29.4. The van der Waals surface area contributed by atoms with Gasteiger partial charge in [-0.1, -0.05) is 12.1 Å². The Morgan fingerprint density at radius 1 is 1.14 bits per heavy atom. The predicted molar refractivity (Wildman–Crippen MR) is 155 cm³/mol. The van der Waals surface area contributed by atoms with Gasteiger partial charge < -0.3 is 15.3 Å². The van der Waals surface area contributed by atoms with Gasteiger partial charge in [0.25, 0.3) is 5.91 Å². The van der Waals surface area contributed by atoms with E-state index in [0.29, 0.717) is 30.1 Å². The van der Waals surface area contributed by atoms with E-state index in [-0.39, 0.29) is 42.0 Å². The fourth-order valence-electron chi connectivity index (χ4n) is 5.83. The highest BCUT2D eigenvalue weighted by molar-refractivity contribution is 7.98. The Balaban J connectivity index is 1.17. The molecule has 0 spiro atoms. The number of amides is 1. The highest BCUT2D eigenvalue weighted by Crippen LogP contribution is 2.38. The molecule has 4 heterocycles. The van der Waals surface area contributed by atoms with Gasteiger partial charge in [0.2, 0.25) is 0 Å². The zero-order valence-corrected chi connectivity index (χ0v) is 23.7. The Kier molecular flexibility index (Phi) is 7.82. The number of rotatable bonds is 8.